The summed E-state index contributed by atoms with van der Waals surface area (Å²) in [5, 5.41) is 8.16. The van der Waals surface area contributed by atoms with E-state index >= 15 is 0 Å². The fourth-order valence-corrected chi connectivity index (χ4v) is 2.35. The zero-order valence-electron chi connectivity index (χ0n) is 10.8. The van der Waals surface area contributed by atoms with E-state index in [2.05, 4.69) is 5.32 Å². The number of nitrogens with two attached hydrogens (primary N) is 2. The Bertz CT molecular complexity index is 729. The van der Waals surface area contributed by atoms with Crippen molar-refractivity contribution in [2.45, 2.75) is 4.90 Å². The third-order valence-corrected chi connectivity index (χ3v) is 3.54. The van der Waals surface area contributed by atoms with Gasteiger partial charge in [0.1, 0.15) is 5.75 Å². The van der Waals surface area contributed by atoms with E-state index in [1.807, 2.05) is 12.1 Å². The van der Waals surface area contributed by atoms with Gasteiger partial charge in [-0.2, -0.15) is 0 Å². The van der Waals surface area contributed by atoms with Gasteiger partial charge in [0.05, 0.1) is 17.7 Å². The lowest BCUT2D eigenvalue weighted by atomic mass is 10.2. The first-order chi connectivity index (χ1) is 9.40. The molecule has 0 unspecified atom stereocenters. The standard InChI is InChI=1S/C13H15N3O3S/c1-19-13-5-3-2-4-12(13)16-10-6-9(14)7-11(8-10)20(15,17)18/h2-8,16H,14H2,1H3,(H2,15,17,18). The maximum absolute atomic E-state index is 11.4. The lowest BCUT2D eigenvalue weighted by Crippen LogP contribution is -2.12. The summed E-state index contributed by atoms with van der Waals surface area (Å²) >= 11 is 0. The van der Waals surface area contributed by atoms with E-state index in [4.69, 9.17) is 15.6 Å². The number of para-hydroxylation sites is 2. The second-order valence-electron chi connectivity index (χ2n) is 4.16. The van der Waals surface area contributed by atoms with E-state index < -0.39 is 10.0 Å². The number of benzene rings is 2. The Morgan fingerprint density at radius 3 is 2.50 bits per heavy atom. The Balaban J connectivity index is 2.42. The van der Waals surface area contributed by atoms with Crippen molar-refractivity contribution in [3.05, 3.63) is 42.5 Å². The molecular formula is C13H15N3O3S. The molecule has 0 fully saturated rings. The lowest BCUT2D eigenvalue weighted by Gasteiger charge is -2.12. The average molecular weight is 293 g/mol. The maximum Gasteiger partial charge on any atom is 0.238 e. The topological polar surface area (TPSA) is 107 Å². The monoisotopic (exact) mass is 293 g/mol. The number of anilines is 3. The van der Waals surface area contributed by atoms with Gasteiger partial charge in [0.25, 0.3) is 0 Å². The lowest BCUT2D eigenvalue weighted by molar-refractivity contribution is 0.417. The van der Waals surface area contributed by atoms with Crippen LogP contribution in [0.1, 0.15) is 0 Å². The van der Waals surface area contributed by atoms with Gasteiger partial charge in [-0.25, -0.2) is 13.6 Å². The Labute approximate surface area is 117 Å². The first-order valence-corrected chi connectivity index (χ1v) is 7.28. The van der Waals surface area contributed by atoms with Gasteiger partial charge in [-0.05, 0) is 30.3 Å². The van der Waals surface area contributed by atoms with Gasteiger partial charge in [-0.1, -0.05) is 12.1 Å². The summed E-state index contributed by atoms with van der Waals surface area (Å²) in [6.45, 7) is 0. The van der Waals surface area contributed by atoms with Gasteiger partial charge < -0.3 is 15.8 Å². The predicted molar refractivity (Wildman–Crippen MR) is 78.5 cm³/mol. The van der Waals surface area contributed by atoms with Crippen molar-refractivity contribution in [3.8, 4) is 5.75 Å². The molecule has 0 spiro atoms. The quantitative estimate of drug-likeness (QED) is 0.743. The summed E-state index contributed by atoms with van der Waals surface area (Å²) in [7, 11) is -2.26. The number of nitrogens with one attached hydrogen (secondary N) is 1. The Kier molecular flexibility index (Phi) is 3.82. The molecule has 5 N–H and O–H groups in total. The van der Waals surface area contributed by atoms with Crippen LogP contribution < -0.4 is 20.9 Å². The Hall–Kier alpha value is -2.25. The molecule has 2 aromatic carbocycles. The number of primary sulfonamides is 1. The highest BCUT2D eigenvalue weighted by Crippen LogP contribution is 2.29. The zero-order valence-corrected chi connectivity index (χ0v) is 11.6. The molecule has 2 rings (SSSR count). The summed E-state index contributed by atoms with van der Waals surface area (Å²) in [5.74, 6) is 0.632. The van der Waals surface area contributed by atoms with Crippen molar-refractivity contribution in [2.75, 3.05) is 18.2 Å². The molecular weight excluding hydrogens is 278 g/mol. The third kappa shape index (κ3) is 3.19. The maximum atomic E-state index is 11.4. The van der Waals surface area contributed by atoms with E-state index in [-0.39, 0.29) is 4.90 Å². The fourth-order valence-electron chi connectivity index (χ4n) is 1.76. The molecule has 0 amide bonds. The van der Waals surface area contributed by atoms with E-state index in [1.54, 1.807) is 25.3 Å². The highest BCUT2D eigenvalue weighted by atomic mass is 32.2. The first-order valence-electron chi connectivity index (χ1n) is 5.73. The van der Waals surface area contributed by atoms with E-state index in [0.717, 1.165) is 0 Å². The SMILES string of the molecule is COc1ccccc1Nc1cc(N)cc(S(N)(=O)=O)c1. The molecule has 0 aliphatic rings. The van der Waals surface area contributed by atoms with E-state index in [9.17, 15) is 8.42 Å². The molecule has 0 saturated carbocycles. The summed E-state index contributed by atoms with van der Waals surface area (Å²) in [6, 6.07) is 11.6. The Morgan fingerprint density at radius 2 is 1.85 bits per heavy atom. The van der Waals surface area contributed by atoms with Gasteiger partial charge in [-0.3, -0.25) is 0 Å². The summed E-state index contributed by atoms with van der Waals surface area (Å²) < 4.78 is 28.0. The number of ether oxygens (including phenoxy) is 1. The van der Waals surface area contributed by atoms with Crippen molar-refractivity contribution >= 4 is 27.1 Å². The van der Waals surface area contributed by atoms with Crippen LogP contribution in [0.3, 0.4) is 0 Å². The molecule has 0 heterocycles. The number of hydrogen-bond acceptors (Lipinski definition) is 5. The summed E-state index contributed by atoms with van der Waals surface area (Å²) in [4.78, 5) is -0.0464. The van der Waals surface area contributed by atoms with Crippen molar-refractivity contribution in [1.82, 2.24) is 0 Å². The van der Waals surface area contributed by atoms with Crippen LogP contribution in [0.5, 0.6) is 5.75 Å². The van der Waals surface area contributed by atoms with Crippen molar-refractivity contribution in [3.63, 3.8) is 0 Å². The number of rotatable bonds is 4. The van der Waals surface area contributed by atoms with Gasteiger partial charge in [0.2, 0.25) is 10.0 Å². The Morgan fingerprint density at radius 1 is 1.15 bits per heavy atom. The molecule has 0 aliphatic heterocycles. The molecule has 106 valence electrons. The fraction of sp³-hybridized carbons (Fsp3) is 0.0769. The van der Waals surface area contributed by atoms with Gasteiger partial charge in [0.15, 0.2) is 0 Å². The van der Waals surface area contributed by atoms with Gasteiger partial charge in [0, 0.05) is 11.4 Å². The summed E-state index contributed by atoms with van der Waals surface area (Å²) in [6.07, 6.45) is 0. The van der Waals surface area contributed by atoms with E-state index in [1.165, 1.54) is 12.1 Å². The van der Waals surface area contributed by atoms with Crippen LogP contribution in [-0.2, 0) is 10.0 Å². The van der Waals surface area contributed by atoms with Crippen LogP contribution >= 0.6 is 0 Å². The van der Waals surface area contributed by atoms with Crippen molar-refractivity contribution < 1.29 is 13.2 Å². The minimum atomic E-state index is -3.81. The van der Waals surface area contributed by atoms with Gasteiger partial charge >= 0.3 is 0 Å². The smallest absolute Gasteiger partial charge is 0.238 e. The molecule has 0 radical (unpaired) electrons. The largest absolute Gasteiger partial charge is 0.495 e. The van der Waals surface area contributed by atoms with Crippen molar-refractivity contribution in [2.24, 2.45) is 5.14 Å². The minimum absolute atomic E-state index is 0.0464. The number of methoxy groups -OCH3 is 1. The number of sulfonamides is 1. The van der Waals surface area contributed by atoms with Crippen LogP contribution in [-0.4, -0.2) is 15.5 Å². The summed E-state index contributed by atoms with van der Waals surface area (Å²) in [5.41, 5.74) is 7.20. The minimum Gasteiger partial charge on any atom is -0.495 e. The molecule has 0 atom stereocenters. The zero-order chi connectivity index (χ0) is 14.8. The molecule has 0 saturated heterocycles. The first kappa shape index (κ1) is 14.2. The normalized spacial score (nSPS) is 11.1. The second-order valence-corrected chi connectivity index (χ2v) is 5.72. The molecule has 0 aromatic heterocycles. The highest BCUT2D eigenvalue weighted by molar-refractivity contribution is 7.89. The second kappa shape index (κ2) is 5.40. The average Bonchev–Trinajstić information content (AvgIpc) is 2.37. The molecule has 7 heteroatoms. The van der Waals surface area contributed by atoms with Crippen LogP contribution in [0.2, 0.25) is 0 Å². The predicted octanol–water partition coefficient (Wildman–Crippen LogP) is 1.67. The van der Waals surface area contributed by atoms with Crippen LogP contribution in [0.25, 0.3) is 0 Å². The van der Waals surface area contributed by atoms with Crippen molar-refractivity contribution in [1.29, 1.82) is 0 Å². The third-order valence-electron chi connectivity index (χ3n) is 2.64. The molecule has 2 aromatic rings. The van der Waals surface area contributed by atoms with Crippen LogP contribution in [0, 0.1) is 0 Å². The molecule has 0 bridgehead atoms. The molecule has 0 aliphatic carbocycles. The van der Waals surface area contributed by atoms with E-state index in [0.29, 0.717) is 22.8 Å². The highest BCUT2D eigenvalue weighted by Gasteiger charge is 2.11. The molecule has 20 heavy (non-hydrogen) atoms. The van der Waals surface area contributed by atoms with Crippen LogP contribution in [0.15, 0.2) is 47.4 Å². The number of nitrogen functional groups attached to an aromatic ring is 1. The number of hydrogen-bond donors (Lipinski definition) is 3. The van der Waals surface area contributed by atoms with Gasteiger partial charge in [-0.15, -0.1) is 0 Å². The molecule has 6 nitrogen and oxygen atoms in total. The van der Waals surface area contributed by atoms with Crippen LogP contribution in [0.4, 0.5) is 17.1 Å².